The second-order valence-corrected chi connectivity index (χ2v) is 3.84. The highest BCUT2D eigenvalue weighted by molar-refractivity contribution is 5.74. The van der Waals surface area contributed by atoms with Gasteiger partial charge in [0.1, 0.15) is 5.69 Å². The maximum Gasteiger partial charge on any atom is 0.327 e. The van der Waals surface area contributed by atoms with Crippen molar-refractivity contribution in [3.8, 4) is 0 Å². The molecule has 1 fully saturated rings. The summed E-state index contributed by atoms with van der Waals surface area (Å²) in [5, 5.41) is 28.3. The lowest BCUT2D eigenvalue weighted by Crippen LogP contribution is -2.30. The molecule has 0 amide bonds. The van der Waals surface area contributed by atoms with E-state index in [0.29, 0.717) is 12.2 Å². The highest BCUT2D eigenvalue weighted by Crippen LogP contribution is 2.23. The summed E-state index contributed by atoms with van der Waals surface area (Å²) in [4.78, 5) is 11.0. The van der Waals surface area contributed by atoms with Gasteiger partial charge >= 0.3 is 5.97 Å². The van der Waals surface area contributed by atoms with Crippen LogP contribution in [-0.4, -0.2) is 43.8 Å². The van der Waals surface area contributed by atoms with E-state index in [2.05, 4.69) is 15.6 Å². The van der Waals surface area contributed by atoms with Crippen molar-refractivity contribution in [1.29, 1.82) is 0 Å². The van der Waals surface area contributed by atoms with E-state index in [1.54, 1.807) is 6.20 Å². The highest BCUT2D eigenvalue weighted by atomic mass is 16.4. The van der Waals surface area contributed by atoms with Gasteiger partial charge in [0.2, 0.25) is 0 Å². The van der Waals surface area contributed by atoms with Gasteiger partial charge in [-0.3, -0.25) is 10.1 Å². The Morgan fingerprint density at radius 1 is 1.69 bits per heavy atom. The minimum atomic E-state index is -0.956. The Labute approximate surface area is 92.1 Å². The van der Waals surface area contributed by atoms with Crippen molar-refractivity contribution in [3.63, 3.8) is 0 Å². The molecular formula is C9H14N4O3. The molecule has 1 saturated carbocycles. The molecule has 88 valence electrons. The number of carboxylic acids is 1. The van der Waals surface area contributed by atoms with Crippen molar-refractivity contribution in [1.82, 2.24) is 20.3 Å². The van der Waals surface area contributed by atoms with Crippen molar-refractivity contribution < 1.29 is 15.0 Å². The molecular weight excluding hydrogens is 212 g/mol. The topological polar surface area (TPSA) is 100 Å². The van der Waals surface area contributed by atoms with Crippen molar-refractivity contribution in [2.24, 2.45) is 0 Å². The second kappa shape index (κ2) is 4.58. The summed E-state index contributed by atoms with van der Waals surface area (Å²) in [6.07, 6.45) is 3.56. The number of hydrogen-bond donors (Lipinski definition) is 3. The zero-order valence-corrected chi connectivity index (χ0v) is 8.70. The van der Waals surface area contributed by atoms with Crippen LogP contribution >= 0.6 is 0 Å². The van der Waals surface area contributed by atoms with Gasteiger partial charge in [0.15, 0.2) is 6.04 Å². The van der Waals surface area contributed by atoms with Crippen LogP contribution in [0, 0.1) is 0 Å². The predicted molar refractivity (Wildman–Crippen MR) is 53.6 cm³/mol. The standard InChI is InChI=1S/C9H14N4O3/c14-4-3-13-5-7(11-12-13)8(9(15)16)10-6-1-2-6/h5-6,8,10,14H,1-4H2,(H,15,16). The summed E-state index contributed by atoms with van der Waals surface area (Å²) >= 11 is 0. The summed E-state index contributed by atoms with van der Waals surface area (Å²) in [7, 11) is 0. The fraction of sp³-hybridized carbons (Fsp3) is 0.667. The van der Waals surface area contributed by atoms with Gasteiger partial charge in [0.05, 0.1) is 19.3 Å². The van der Waals surface area contributed by atoms with Crippen LogP contribution in [0.4, 0.5) is 0 Å². The molecule has 1 aromatic rings. The molecule has 0 spiro atoms. The third kappa shape index (κ3) is 2.56. The van der Waals surface area contributed by atoms with Crippen LogP contribution in [0.2, 0.25) is 0 Å². The number of aliphatic hydroxyl groups excluding tert-OH is 1. The Balaban J connectivity index is 2.07. The number of hydrogen-bond acceptors (Lipinski definition) is 5. The molecule has 0 aromatic carbocycles. The van der Waals surface area contributed by atoms with Crippen LogP contribution in [-0.2, 0) is 11.3 Å². The molecule has 1 aliphatic rings. The minimum absolute atomic E-state index is 0.0450. The molecule has 0 aliphatic heterocycles. The first-order valence-electron chi connectivity index (χ1n) is 5.20. The predicted octanol–water partition coefficient (Wildman–Crippen LogP) is -0.852. The van der Waals surface area contributed by atoms with Crippen molar-refractivity contribution in [2.75, 3.05) is 6.61 Å². The van der Waals surface area contributed by atoms with Crippen LogP contribution in [0.15, 0.2) is 6.20 Å². The minimum Gasteiger partial charge on any atom is -0.480 e. The van der Waals surface area contributed by atoms with Gasteiger partial charge in [0.25, 0.3) is 0 Å². The average molecular weight is 226 g/mol. The molecule has 1 heterocycles. The quantitative estimate of drug-likeness (QED) is 0.584. The number of aliphatic hydroxyl groups is 1. The monoisotopic (exact) mass is 226 g/mol. The lowest BCUT2D eigenvalue weighted by Gasteiger charge is -2.09. The Morgan fingerprint density at radius 3 is 3.00 bits per heavy atom. The first-order chi connectivity index (χ1) is 7.70. The SMILES string of the molecule is O=C(O)C(NC1CC1)c1cn(CCO)nn1. The molecule has 7 nitrogen and oxygen atoms in total. The number of rotatable bonds is 6. The van der Waals surface area contributed by atoms with Gasteiger partial charge in [0, 0.05) is 6.04 Å². The number of aromatic nitrogens is 3. The maximum absolute atomic E-state index is 11.0. The third-order valence-electron chi connectivity index (χ3n) is 2.41. The second-order valence-electron chi connectivity index (χ2n) is 3.84. The Bertz CT molecular complexity index is 375. The van der Waals surface area contributed by atoms with Crippen molar-refractivity contribution in [2.45, 2.75) is 31.5 Å². The largest absolute Gasteiger partial charge is 0.480 e. The van der Waals surface area contributed by atoms with E-state index in [1.165, 1.54) is 4.68 Å². The van der Waals surface area contributed by atoms with E-state index >= 15 is 0 Å². The van der Waals surface area contributed by atoms with Gasteiger partial charge in [-0.2, -0.15) is 0 Å². The number of aliphatic carboxylic acids is 1. The Kier molecular flexibility index (Phi) is 3.16. The van der Waals surface area contributed by atoms with E-state index in [0.717, 1.165) is 12.8 Å². The molecule has 1 aromatic heterocycles. The summed E-state index contributed by atoms with van der Waals surface area (Å²) in [5.41, 5.74) is 0.382. The molecule has 0 saturated heterocycles. The van der Waals surface area contributed by atoms with E-state index in [9.17, 15) is 4.79 Å². The van der Waals surface area contributed by atoms with Crippen LogP contribution in [0.25, 0.3) is 0 Å². The molecule has 1 atom stereocenters. The normalized spacial score (nSPS) is 17.3. The van der Waals surface area contributed by atoms with Gasteiger partial charge in [-0.1, -0.05) is 5.21 Å². The van der Waals surface area contributed by atoms with Crippen LogP contribution in [0.1, 0.15) is 24.6 Å². The zero-order valence-electron chi connectivity index (χ0n) is 8.70. The first-order valence-corrected chi connectivity index (χ1v) is 5.20. The molecule has 7 heteroatoms. The Morgan fingerprint density at radius 2 is 2.44 bits per heavy atom. The van der Waals surface area contributed by atoms with E-state index in [4.69, 9.17) is 10.2 Å². The zero-order chi connectivity index (χ0) is 11.5. The average Bonchev–Trinajstić information content (AvgIpc) is 2.95. The molecule has 1 unspecified atom stereocenters. The third-order valence-corrected chi connectivity index (χ3v) is 2.41. The van der Waals surface area contributed by atoms with Gasteiger partial charge in [-0.25, -0.2) is 4.68 Å². The fourth-order valence-corrected chi connectivity index (χ4v) is 1.43. The maximum atomic E-state index is 11.0. The van der Waals surface area contributed by atoms with Crippen LogP contribution < -0.4 is 5.32 Å². The van der Waals surface area contributed by atoms with Crippen LogP contribution in [0.5, 0.6) is 0 Å². The molecule has 0 bridgehead atoms. The molecule has 1 aliphatic carbocycles. The number of nitrogens with zero attached hydrogens (tertiary/aromatic N) is 3. The van der Waals surface area contributed by atoms with Gasteiger partial charge < -0.3 is 10.2 Å². The summed E-state index contributed by atoms with van der Waals surface area (Å²) in [6.45, 7) is 0.277. The smallest absolute Gasteiger partial charge is 0.327 e. The first kappa shape index (κ1) is 11.0. The van der Waals surface area contributed by atoms with Crippen molar-refractivity contribution >= 4 is 5.97 Å². The van der Waals surface area contributed by atoms with Gasteiger partial charge in [-0.15, -0.1) is 5.10 Å². The van der Waals surface area contributed by atoms with E-state index in [1.807, 2.05) is 0 Å². The summed E-state index contributed by atoms with van der Waals surface area (Å²) in [5.74, 6) is -0.956. The van der Waals surface area contributed by atoms with Gasteiger partial charge in [-0.05, 0) is 12.8 Å². The highest BCUT2D eigenvalue weighted by Gasteiger charge is 2.30. The lowest BCUT2D eigenvalue weighted by atomic mass is 10.2. The number of carboxylic acid groups (broad SMARTS) is 1. The number of nitrogens with one attached hydrogen (secondary N) is 1. The molecule has 0 radical (unpaired) electrons. The van der Waals surface area contributed by atoms with E-state index < -0.39 is 12.0 Å². The lowest BCUT2D eigenvalue weighted by molar-refractivity contribution is -0.139. The van der Waals surface area contributed by atoms with E-state index in [-0.39, 0.29) is 12.6 Å². The number of carbonyl (C=O) groups is 1. The summed E-state index contributed by atoms with van der Waals surface area (Å²) < 4.78 is 1.43. The summed E-state index contributed by atoms with van der Waals surface area (Å²) in [6, 6.07) is -0.524. The van der Waals surface area contributed by atoms with Crippen molar-refractivity contribution in [3.05, 3.63) is 11.9 Å². The molecule has 16 heavy (non-hydrogen) atoms. The Hall–Kier alpha value is -1.47. The molecule has 2 rings (SSSR count). The molecule has 3 N–H and O–H groups in total. The van der Waals surface area contributed by atoms with Crippen LogP contribution in [0.3, 0.4) is 0 Å². The fourth-order valence-electron chi connectivity index (χ4n) is 1.43.